The summed E-state index contributed by atoms with van der Waals surface area (Å²) in [5.41, 5.74) is 2.28. The number of anilines is 1. The van der Waals surface area contributed by atoms with Crippen LogP contribution in [-0.2, 0) is 19.3 Å². The Bertz CT molecular complexity index is 1660. The maximum absolute atomic E-state index is 15.0. The SMILES string of the molecule is Cc1c(Br)cccc1NC(=O)C[C@@]1(C)C[C@H](c2cccc(Cl)c2)[C@@H](c2ccc(Cl)cc2)N(C(CS(=N)(=O)C(C)C)C(C)C)C1=O. The predicted octanol–water partition coefficient (Wildman–Crippen LogP) is 9.64. The Morgan fingerprint density at radius 3 is 2.29 bits per heavy atom. The number of carbonyl (C=O) groups is 2. The molecule has 10 heteroatoms. The minimum absolute atomic E-state index is 0.0277. The Balaban J connectivity index is 1.88. The standard InChI is InChI=1S/C35H42BrCl2N3O3S/c1-21(2)31(20-45(39,44)22(3)4)41-33(24-13-15-26(37)16-14-24)28(25-9-7-10-27(38)17-25)18-35(6,34(41)43)19-32(42)40-30-12-8-11-29(36)23(30)5/h7-17,21-22,28,31,33,39H,18-20H2,1-6H3,(H,40,42)/t28-,31?,33-,35-,45?/m1/s1. The zero-order valence-corrected chi connectivity index (χ0v) is 30.5. The molecule has 6 nitrogen and oxygen atoms in total. The van der Waals surface area contributed by atoms with Crippen LogP contribution in [0.1, 0.15) is 76.1 Å². The van der Waals surface area contributed by atoms with Crippen LogP contribution < -0.4 is 5.32 Å². The van der Waals surface area contributed by atoms with Crippen molar-refractivity contribution in [1.82, 2.24) is 4.90 Å². The molecule has 2 unspecified atom stereocenters. The smallest absolute Gasteiger partial charge is 0.229 e. The highest BCUT2D eigenvalue weighted by Gasteiger charge is 2.53. The number of hydrogen-bond donors (Lipinski definition) is 2. The lowest BCUT2D eigenvalue weighted by Crippen LogP contribution is -2.59. The molecule has 45 heavy (non-hydrogen) atoms. The summed E-state index contributed by atoms with van der Waals surface area (Å²) in [5.74, 6) is -0.807. The molecule has 0 spiro atoms. The lowest BCUT2D eigenvalue weighted by atomic mass is 9.66. The van der Waals surface area contributed by atoms with Crippen molar-refractivity contribution in [2.45, 2.75) is 77.6 Å². The van der Waals surface area contributed by atoms with Gasteiger partial charge in [0.1, 0.15) is 0 Å². The highest BCUT2D eigenvalue weighted by atomic mass is 79.9. The summed E-state index contributed by atoms with van der Waals surface area (Å²) in [5, 5.41) is 3.79. The predicted molar refractivity (Wildman–Crippen MR) is 190 cm³/mol. The Hall–Kier alpha value is -2.39. The number of halogens is 3. The Labute approximate surface area is 286 Å². The third kappa shape index (κ3) is 7.95. The number of amides is 2. The van der Waals surface area contributed by atoms with Crippen molar-refractivity contribution in [3.63, 3.8) is 0 Å². The minimum atomic E-state index is -3.05. The molecule has 1 saturated heterocycles. The summed E-state index contributed by atoms with van der Waals surface area (Å²) in [6, 6.07) is 19.7. The van der Waals surface area contributed by atoms with Gasteiger partial charge in [0, 0.05) is 53.6 Å². The molecule has 1 aliphatic rings. The molecule has 2 N–H and O–H groups in total. The zero-order valence-electron chi connectivity index (χ0n) is 26.6. The van der Waals surface area contributed by atoms with E-state index in [0.717, 1.165) is 21.2 Å². The van der Waals surface area contributed by atoms with E-state index in [9.17, 15) is 13.8 Å². The zero-order chi connectivity index (χ0) is 33.3. The van der Waals surface area contributed by atoms with Gasteiger partial charge in [-0.05, 0) is 72.4 Å². The molecule has 3 aromatic rings. The number of rotatable bonds is 10. The third-order valence-corrected chi connectivity index (χ3v) is 12.7. The third-order valence-electron chi connectivity index (χ3n) is 8.99. The fraction of sp³-hybridized carbons (Fsp3) is 0.429. The van der Waals surface area contributed by atoms with Crippen LogP contribution in [0.5, 0.6) is 0 Å². The van der Waals surface area contributed by atoms with Gasteiger partial charge < -0.3 is 10.2 Å². The van der Waals surface area contributed by atoms with Gasteiger partial charge in [-0.3, -0.25) is 14.4 Å². The van der Waals surface area contributed by atoms with Crippen LogP contribution in [0.4, 0.5) is 5.69 Å². The largest absolute Gasteiger partial charge is 0.330 e. The number of carbonyl (C=O) groups excluding carboxylic acids is 2. The van der Waals surface area contributed by atoms with Crippen LogP contribution in [0.2, 0.25) is 10.0 Å². The van der Waals surface area contributed by atoms with E-state index in [1.54, 1.807) is 13.8 Å². The maximum Gasteiger partial charge on any atom is 0.229 e. The number of piperidine rings is 1. The van der Waals surface area contributed by atoms with E-state index in [-0.39, 0.29) is 41.1 Å². The number of likely N-dealkylation sites (tertiary alicyclic amines) is 1. The van der Waals surface area contributed by atoms with Crippen LogP contribution in [-0.4, -0.2) is 38.0 Å². The van der Waals surface area contributed by atoms with Crippen molar-refractivity contribution < 1.29 is 13.8 Å². The van der Waals surface area contributed by atoms with Crippen molar-refractivity contribution in [3.8, 4) is 0 Å². The van der Waals surface area contributed by atoms with Gasteiger partial charge in [-0.25, -0.2) is 4.21 Å². The Morgan fingerprint density at radius 2 is 1.69 bits per heavy atom. The quantitative estimate of drug-likeness (QED) is 0.217. The molecule has 0 radical (unpaired) electrons. The van der Waals surface area contributed by atoms with Gasteiger partial charge in [-0.2, -0.15) is 0 Å². The lowest BCUT2D eigenvalue weighted by molar-refractivity contribution is -0.157. The summed E-state index contributed by atoms with van der Waals surface area (Å²) in [6.45, 7) is 11.3. The number of nitrogens with one attached hydrogen (secondary N) is 2. The topological polar surface area (TPSA) is 90.3 Å². The summed E-state index contributed by atoms with van der Waals surface area (Å²) >= 11 is 16.4. The maximum atomic E-state index is 15.0. The molecule has 4 rings (SSSR count). The first kappa shape index (κ1) is 35.5. The average Bonchev–Trinajstić information content (AvgIpc) is 2.96. The van der Waals surface area contributed by atoms with Gasteiger partial charge in [-0.15, -0.1) is 0 Å². The molecule has 1 heterocycles. The number of benzene rings is 3. The summed E-state index contributed by atoms with van der Waals surface area (Å²) in [6.07, 6.45) is 0.329. The van der Waals surface area contributed by atoms with Crippen molar-refractivity contribution in [3.05, 3.63) is 97.9 Å². The first-order valence-electron chi connectivity index (χ1n) is 15.2. The van der Waals surface area contributed by atoms with E-state index in [4.69, 9.17) is 28.0 Å². The summed E-state index contributed by atoms with van der Waals surface area (Å²) in [7, 11) is -3.05. The van der Waals surface area contributed by atoms with Gasteiger partial charge in [0.05, 0.1) is 17.2 Å². The molecular formula is C35H42BrCl2N3O3S. The van der Waals surface area contributed by atoms with Crippen molar-refractivity contribution in [1.29, 1.82) is 4.78 Å². The fourth-order valence-corrected chi connectivity index (χ4v) is 8.37. The minimum Gasteiger partial charge on any atom is -0.330 e. The van der Waals surface area contributed by atoms with E-state index in [2.05, 4.69) is 21.2 Å². The second-order valence-corrected chi connectivity index (χ2v) is 17.5. The molecule has 5 atom stereocenters. The summed E-state index contributed by atoms with van der Waals surface area (Å²) < 4.78 is 23.3. The Kier molecular flexibility index (Phi) is 11.2. The van der Waals surface area contributed by atoms with Gasteiger partial charge in [0.15, 0.2) is 0 Å². The molecule has 0 saturated carbocycles. The number of hydrogen-bond acceptors (Lipinski definition) is 4. The van der Waals surface area contributed by atoms with Crippen molar-refractivity contribution in [2.24, 2.45) is 11.3 Å². The first-order chi connectivity index (χ1) is 21.0. The molecule has 1 aliphatic heterocycles. The molecular weight excluding hydrogens is 693 g/mol. The van der Waals surface area contributed by atoms with Crippen molar-refractivity contribution in [2.75, 3.05) is 11.1 Å². The fourth-order valence-electron chi connectivity index (χ4n) is 6.24. The molecule has 0 bridgehead atoms. The molecule has 0 aliphatic carbocycles. The molecule has 0 aromatic heterocycles. The van der Waals surface area contributed by atoms with Gasteiger partial charge >= 0.3 is 0 Å². The van der Waals surface area contributed by atoms with Crippen LogP contribution in [0.15, 0.2) is 71.2 Å². The second-order valence-electron chi connectivity index (χ2n) is 13.0. The van der Waals surface area contributed by atoms with Gasteiger partial charge in [0.25, 0.3) is 0 Å². The molecule has 2 amide bonds. The summed E-state index contributed by atoms with van der Waals surface area (Å²) in [4.78, 5) is 30.5. The van der Waals surface area contributed by atoms with Gasteiger partial charge in [0.2, 0.25) is 11.8 Å². The van der Waals surface area contributed by atoms with E-state index in [1.165, 1.54) is 0 Å². The molecule has 1 fully saturated rings. The second kappa shape index (κ2) is 14.2. The first-order valence-corrected chi connectivity index (χ1v) is 18.5. The van der Waals surface area contributed by atoms with Crippen LogP contribution in [0.3, 0.4) is 0 Å². The highest BCUT2D eigenvalue weighted by Crippen LogP contribution is 2.52. The highest BCUT2D eigenvalue weighted by molar-refractivity contribution is 9.10. The van der Waals surface area contributed by atoms with Crippen LogP contribution >= 0.6 is 39.1 Å². The average molecular weight is 736 g/mol. The normalized spacial score (nSPS) is 22.4. The van der Waals surface area contributed by atoms with E-state index in [1.807, 2.05) is 99.3 Å². The molecule has 242 valence electrons. The van der Waals surface area contributed by atoms with Crippen LogP contribution in [0, 0.1) is 23.0 Å². The lowest BCUT2D eigenvalue weighted by Gasteiger charge is -2.53. The van der Waals surface area contributed by atoms with E-state index < -0.39 is 27.2 Å². The van der Waals surface area contributed by atoms with E-state index in [0.29, 0.717) is 22.2 Å². The molecule has 3 aromatic carbocycles. The van der Waals surface area contributed by atoms with Crippen molar-refractivity contribution >= 4 is 66.4 Å². The Morgan fingerprint density at radius 1 is 1.04 bits per heavy atom. The monoisotopic (exact) mass is 733 g/mol. The number of nitrogens with zero attached hydrogens (tertiary/aromatic N) is 1. The van der Waals surface area contributed by atoms with Crippen LogP contribution in [0.25, 0.3) is 0 Å². The van der Waals surface area contributed by atoms with Gasteiger partial charge in [-0.1, -0.05) is 104 Å². The van der Waals surface area contributed by atoms with E-state index >= 15 is 0 Å².